The minimum Gasteiger partial charge on any atom is -0.295 e. The van der Waals surface area contributed by atoms with Crippen LogP contribution in [-0.4, -0.2) is 15.4 Å². The van der Waals surface area contributed by atoms with Gasteiger partial charge in [0.25, 0.3) is 5.56 Å². The average molecular weight is 235 g/mol. The number of para-hydroxylation sites is 1. The summed E-state index contributed by atoms with van der Waals surface area (Å²) in [7, 11) is 0. The summed E-state index contributed by atoms with van der Waals surface area (Å²) in [5.74, 6) is 0.346. The van der Waals surface area contributed by atoms with E-state index in [-0.39, 0.29) is 5.56 Å². The lowest BCUT2D eigenvalue weighted by molar-refractivity contribution is 0.739. The first-order valence-electron chi connectivity index (χ1n) is 4.89. The molecule has 0 spiro atoms. The fourth-order valence-corrected chi connectivity index (χ4v) is 1.59. The Morgan fingerprint density at radius 3 is 2.94 bits per heavy atom. The molecule has 3 nitrogen and oxygen atoms in total. The van der Waals surface area contributed by atoms with Crippen LogP contribution in [0, 0.1) is 0 Å². The number of benzene rings is 1. The fourth-order valence-electron chi connectivity index (χ4n) is 1.50. The quantitative estimate of drug-likeness (QED) is 0.603. The standard InChI is InChI=1S/C12H11ClN2O/c1-9(6-13)7-15-8-14-11-5-3-2-4-10(11)12(15)16/h2-5,8H,1,6-7H2. The fraction of sp³-hybridized carbons (Fsp3) is 0.167. The van der Waals surface area contributed by atoms with Crippen molar-refractivity contribution in [1.82, 2.24) is 9.55 Å². The smallest absolute Gasteiger partial charge is 0.261 e. The summed E-state index contributed by atoms with van der Waals surface area (Å²) in [5, 5.41) is 0.618. The first-order valence-corrected chi connectivity index (χ1v) is 5.42. The Kier molecular flexibility index (Phi) is 3.06. The molecule has 1 aromatic carbocycles. The minimum atomic E-state index is -0.0585. The summed E-state index contributed by atoms with van der Waals surface area (Å²) in [6, 6.07) is 7.27. The number of allylic oxidation sites excluding steroid dienone is 1. The first kappa shape index (κ1) is 10.9. The predicted octanol–water partition coefficient (Wildman–Crippen LogP) is 2.19. The average Bonchev–Trinajstić information content (AvgIpc) is 2.33. The second-order valence-corrected chi connectivity index (χ2v) is 3.85. The van der Waals surface area contributed by atoms with Crippen LogP contribution in [0.5, 0.6) is 0 Å². The highest BCUT2D eigenvalue weighted by Crippen LogP contribution is 2.05. The second-order valence-electron chi connectivity index (χ2n) is 3.58. The molecule has 0 atom stereocenters. The van der Waals surface area contributed by atoms with Crippen molar-refractivity contribution in [3.8, 4) is 0 Å². The summed E-state index contributed by atoms with van der Waals surface area (Å²) >= 11 is 5.64. The Labute approximate surface area is 98.0 Å². The van der Waals surface area contributed by atoms with E-state index in [0.29, 0.717) is 23.3 Å². The topological polar surface area (TPSA) is 34.9 Å². The lowest BCUT2D eigenvalue weighted by Crippen LogP contribution is -2.21. The van der Waals surface area contributed by atoms with Crippen molar-refractivity contribution in [2.75, 3.05) is 5.88 Å². The third kappa shape index (κ3) is 1.99. The largest absolute Gasteiger partial charge is 0.295 e. The summed E-state index contributed by atoms with van der Waals surface area (Å²) < 4.78 is 1.52. The predicted molar refractivity (Wildman–Crippen MR) is 65.9 cm³/mol. The molecule has 2 aromatic rings. The van der Waals surface area contributed by atoms with Gasteiger partial charge in [0.05, 0.1) is 17.2 Å². The molecule has 82 valence electrons. The van der Waals surface area contributed by atoms with Crippen LogP contribution in [0.15, 0.2) is 47.5 Å². The van der Waals surface area contributed by atoms with E-state index in [0.717, 1.165) is 5.57 Å². The van der Waals surface area contributed by atoms with E-state index >= 15 is 0 Å². The second kappa shape index (κ2) is 4.49. The van der Waals surface area contributed by atoms with Gasteiger partial charge >= 0.3 is 0 Å². The van der Waals surface area contributed by atoms with Crippen LogP contribution < -0.4 is 5.56 Å². The summed E-state index contributed by atoms with van der Waals surface area (Å²) in [5.41, 5.74) is 1.44. The Balaban J connectivity index is 2.53. The monoisotopic (exact) mass is 234 g/mol. The number of halogens is 1. The van der Waals surface area contributed by atoms with Gasteiger partial charge in [-0.3, -0.25) is 9.36 Å². The molecule has 0 aliphatic heterocycles. The molecule has 0 fully saturated rings. The van der Waals surface area contributed by atoms with Gasteiger partial charge in [0.15, 0.2) is 0 Å². The summed E-state index contributed by atoms with van der Waals surface area (Å²) in [6.07, 6.45) is 1.53. The molecule has 0 bridgehead atoms. The Bertz CT molecular complexity index is 589. The van der Waals surface area contributed by atoms with E-state index in [1.165, 1.54) is 10.9 Å². The number of nitrogens with zero attached hydrogens (tertiary/aromatic N) is 2. The molecule has 0 amide bonds. The maximum Gasteiger partial charge on any atom is 0.261 e. The molecule has 1 heterocycles. The number of hydrogen-bond donors (Lipinski definition) is 0. The number of fused-ring (bicyclic) bond motifs is 1. The van der Waals surface area contributed by atoms with E-state index in [2.05, 4.69) is 11.6 Å². The van der Waals surface area contributed by atoms with Gasteiger partial charge in [-0.2, -0.15) is 0 Å². The maximum absolute atomic E-state index is 12.0. The van der Waals surface area contributed by atoms with Gasteiger partial charge in [-0.15, -0.1) is 11.6 Å². The lowest BCUT2D eigenvalue weighted by atomic mass is 10.2. The van der Waals surface area contributed by atoms with Gasteiger partial charge in [0.2, 0.25) is 0 Å². The molecule has 0 radical (unpaired) electrons. The molecule has 0 aliphatic rings. The SMILES string of the molecule is C=C(CCl)Cn1cnc2ccccc2c1=O. The van der Waals surface area contributed by atoms with Gasteiger partial charge in [0, 0.05) is 12.4 Å². The molecule has 0 N–H and O–H groups in total. The van der Waals surface area contributed by atoms with Crippen molar-refractivity contribution >= 4 is 22.5 Å². The third-order valence-electron chi connectivity index (χ3n) is 2.31. The summed E-state index contributed by atoms with van der Waals surface area (Å²) in [4.78, 5) is 16.2. The zero-order valence-corrected chi connectivity index (χ0v) is 9.44. The lowest BCUT2D eigenvalue weighted by Gasteiger charge is -2.06. The van der Waals surface area contributed by atoms with Crippen molar-refractivity contribution in [2.24, 2.45) is 0 Å². The zero-order chi connectivity index (χ0) is 11.5. The van der Waals surface area contributed by atoms with Crippen LogP contribution in [0.3, 0.4) is 0 Å². The number of aromatic nitrogens is 2. The maximum atomic E-state index is 12.0. The zero-order valence-electron chi connectivity index (χ0n) is 8.69. The van der Waals surface area contributed by atoms with E-state index < -0.39 is 0 Å². The number of rotatable bonds is 3. The number of alkyl halides is 1. The van der Waals surface area contributed by atoms with Crippen molar-refractivity contribution in [3.63, 3.8) is 0 Å². The highest BCUT2D eigenvalue weighted by Gasteiger charge is 2.03. The molecule has 4 heteroatoms. The Hall–Kier alpha value is -1.61. The van der Waals surface area contributed by atoms with Crippen LogP contribution in [0.2, 0.25) is 0 Å². The van der Waals surface area contributed by atoms with Crippen molar-refractivity contribution < 1.29 is 0 Å². The van der Waals surface area contributed by atoms with Crippen molar-refractivity contribution in [1.29, 1.82) is 0 Å². The first-order chi connectivity index (χ1) is 7.72. The van der Waals surface area contributed by atoms with Crippen LogP contribution >= 0.6 is 11.6 Å². The van der Waals surface area contributed by atoms with Crippen molar-refractivity contribution in [2.45, 2.75) is 6.54 Å². The van der Waals surface area contributed by atoms with Crippen LogP contribution in [-0.2, 0) is 6.54 Å². The molecule has 1 aromatic heterocycles. The molecule has 0 unspecified atom stereocenters. The van der Waals surface area contributed by atoms with Crippen LogP contribution in [0.25, 0.3) is 10.9 Å². The third-order valence-corrected chi connectivity index (χ3v) is 2.69. The van der Waals surface area contributed by atoms with E-state index in [4.69, 9.17) is 11.6 Å². The van der Waals surface area contributed by atoms with E-state index in [9.17, 15) is 4.79 Å². The van der Waals surface area contributed by atoms with Gasteiger partial charge in [-0.05, 0) is 17.7 Å². The van der Waals surface area contributed by atoms with E-state index in [1.54, 1.807) is 6.07 Å². The van der Waals surface area contributed by atoms with Gasteiger partial charge in [-0.1, -0.05) is 18.7 Å². The van der Waals surface area contributed by atoms with Crippen LogP contribution in [0.1, 0.15) is 0 Å². The normalized spacial score (nSPS) is 10.6. The van der Waals surface area contributed by atoms with Gasteiger partial charge in [0.1, 0.15) is 0 Å². The molecular weight excluding hydrogens is 224 g/mol. The van der Waals surface area contributed by atoms with E-state index in [1.807, 2.05) is 18.2 Å². The van der Waals surface area contributed by atoms with Crippen molar-refractivity contribution in [3.05, 3.63) is 53.1 Å². The molecule has 0 saturated carbocycles. The Morgan fingerprint density at radius 2 is 2.19 bits per heavy atom. The Morgan fingerprint density at radius 1 is 1.44 bits per heavy atom. The summed E-state index contributed by atoms with van der Waals surface area (Å²) in [6.45, 7) is 4.19. The van der Waals surface area contributed by atoms with Crippen LogP contribution in [0.4, 0.5) is 0 Å². The molecule has 2 rings (SSSR count). The van der Waals surface area contributed by atoms with Gasteiger partial charge in [-0.25, -0.2) is 4.98 Å². The highest BCUT2D eigenvalue weighted by molar-refractivity contribution is 6.19. The molecule has 0 saturated heterocycles. The van der Waals surface area contributed by atoms with Gasteiger partial charge < -0.3 is 0 Å². The molecular formula is C12H11ClN2O. The minimum absolute atomic E-state index is 0.0585. The highest BCUT2D eigenvalue weighted by atomic mass is 35.5. The number of hydrogen-bond acceptors (Lipinski definition) is 2. The molecule has 0 aliphatic carbocycles. The molecule has 16 heavy (non-hydrogen) atoms.